The highest BCUT2D eigenvalue weighted by molar-refractivity contribution is 5.66. The Morgan fingerprint density at radius 2 is 1.94 bits per heavy atom. The molecule has 0 radical (unpaired) electrons. The van der Waals surface area contributed by atoms with E-state index < -0.39 is 0 Å². The molecule has 1 aromatic carbocycles. The van der Waals surface area contributed by atoms with Crippen LogP contribution in [0.5, 0.6) is 0 Å². The van der Waals surface area contributed by atoms with Crippen LogP contribution in [-0.2, 0) is 16.1 Å². The highest BCUT2D eigenvalue weighted by atomic mass is 19.1. The highest BCUT2D eigenvalue weighted by Crippen LogP contribution is 2.16. The molecule has 0 spiro atoms. The predicted molar refractivity (Wildman–Crippen MR) is 66.5 cm³/mol. The number of likely N-dealkylation sites (tertiary alicyclic amines) is 1. The Bertz CT molecular complexity index is 397. The number of benzene rings is 1. The van der Waals surface area contributed by atoms with Crippen LogP contribution in [0, 0.1) is 5.82 Å². The third kappa shape index (κ3) is 3.81. The van der Waals surface area contributed by atoms with Gasteiger partial charge in [-0.15, -0.1) is 0 Å². The Morgan fingerprint density at radius 3 is 2.50 bits per heavy atom. The van der Waals surface area contributed by atoms with Crippen molar-refractivity contribution in [1.82, 2.24) is 4.90 Å². The van der Waals surface area contributed by atoms with E-state index in [1.54, 1.807) is 0 Å². The molecule has 18 heavy (non-hydrogen) atoms. The Hall–Kier alpha value is -1.42. The second kappa shape index (κ2) is 5.96. The van der Waals surface area contributed by atoms with Crippen molar-refractivity contribution in [3.05, 3.63) is 35.6 Å². The maximum atomic E-state index is 12.8. The third-order valence-electron chi connectivity index (χ3n) is 3.19. The second-order valence-electron chi connectivity index (χ2n) is 4.71. The fourth-order valence-electron chi connectivity index (χ4n) is 2.27. The number of ether oxygens (including phenoxy) is 1. The van der Waals surface area contributed by atoms with Crippen LogP contribution < -0.4 is 0 Å². The van der Waals surface area contributed by atoms with E-state index in [2.05, 4.69) is 4.90 Å². The van der Waals surface area contributed by atoms with Gasteiger partial charge in [-0.25, -0.2) is 4.39 Å². The summed E-state index contributed by atoms with van der Waals surface area (Å²) in [4.78, 5) is 13.1. The SMILES string of the molecule is CC(=O)OC1CCN(Cc2ccc(F)cc2)CC1. The number of hydrogen-bond donors (Lipinski definition) is 0. The Morgan fingerprint density at radius 1 is 1.33 bits per heavy atom. The van der Waals surface area contributed by atoms with E-state index in [0.717, 1.165) is 38.0 Å². The third-order valence-corrected chi connectivity index (χ3v) is 3.19. The Kier molecular flexibility index (Phi) is 4.31. The van der Waals surface area contributed by atoms with Gasteiger partial charge < -0.3 is 4.74 Å². The summed E-state index contributed by atoms with van der Waals surface area (Å²) < 4.78 is 18.0. The molecule has 0 amide bonds. The summed E-state index contributed by atoms with van der Waals surface area (Å²) >= 11 is 0. The first-order valence-corrected chi connectivity index (χ1v) is 6.27. The first kappa shape index (κ1) is 13.0. The van der Waals surface area contributed by atoms with Crippen molar-refractivity contribution >= 4 is 5.97 Å². The molecule has 2 rings (SSSR count). The van der Waals surface area contributed by atoms with Crippen molar-refractivity contribution < 1.29 is 13.9 Å². The van der Waals surface area contributed by atoms with Gasteiger partial charge in [0.05, 0.1) is 0 Å². The second-order valence-corrected chi connectivity index (χ2v) is 4.71. The minimum atomic E-state index is -0.202. The smallest absolute Gasteiger partial charge is 0.302 e. The zero-order valence-corrected chi connectivity index (χ0v) is 10.6. The number of rotatable bonds is 3. The summed E-state index contributed by atoms with van der Waals surface area (Å²) in [5.41, 5.74) is 1.11. The summed E-state index contributed by atoms with van der Waals surface area (Å²) in [6.07, 6.45) is 1.81. The number of carbonyl (C=O) groups is 1. The summed E-state index contributed by atoms with van der Waals surface area (Å²) in [7, 11) is 0. The van der Waals surface area contributed by atoms with Crippen LogP contribution in [0.4, 0.5) is 4.39 Å². The van der Waals surface area contributed by atoms with E-state index in [-0.39, 0.29) is 17.9 Å². The van der Waals surface area contributed by atoms with Crippen LogP contribution >= 0.6 is 0 Å². The van der Waals surface area contributed by atoms with Gasteiger partial charge in [-0.1, -0.05) is 12.1 Å². The monoisotopic (exact) mass is 251 g/mol. The topological polar surface area (TPSA) is 29.5 Å². The molecule has 1 fully saturated rings. The van der Waals surface area contributed by atoms with Gasteiger partial charge in [0, 0.05) is 26.6 Å². The number of halogens is 1. The highest BCUT2D eigenvalue weighted by Gasteiger charge is 2.21. The van der Waals surface area contributed by atoms with E-state index in [1.165, 1.54) is 19.1 Å². The molecule has 0 atom stereocenters. The van der Waals surface area contributed by atoms with Gasteiger partial charge in [0.2, 0.25) is 0 Å². The molecule has 0 aliphatic carbocycles. The molecular formula is C14H18FNO2. The van der Waals surface area contributed by atoms with E-state index in [0.29, 0.717) is 0 Å². The standard InChI is InChI=1S/C14H18FNO2/c1-11(17)18-14-6-8-16(9-7-14)10-12-2-4-13(15)5-3-12/h2-5,14H,6-10H2,1H3. The normalized spacial score (nSPS) is 17.7. The lowest BCUT2D eigenvalue weighted by atomic mass is 10.1. The lowest BCUT2D eigenvalue weighted by molar-refractivity contribution is -0.148. The minimum Gasteiger partial charge on any atom is -0.462 e. The molecule has 1 saturated heterocycles. The van der Waals surface area contributed by atoms with Crippen molar-refractivity contribution in [2.45, 2.75) is 32.4 Å². The first-order valence-electron chi connectivity index (χ1n) is 6.27. The van der Waals surface area contributed by atoms with Gasteiger partial charge >= 0.3 is 5.97 Å². The van der Waals surface area contributed by atoms with Crippen LogP contribution in [0.1, 0.15) is 25.3 Å². The number of carbonyl (C=O) groups excluding carboxylic acids is 1. The molecule has 0 bridgehead atoms. The molecule has 3 nitrogen and oxygen atoms in total. The number of nitrogens with zero attached hydrogens (tertiary/aromatic N) is 1. The van der Waals surface area contributed by atoms with Crippen molar-refractivity contribution in [3.63, 3.8) is 0 Å². The average molecular weight is 251 g/mol. The van der Waals surface area contributed by atoms with E-state index in [4.69, 9.17) is 4.74 Å². The largest absolute Gasteiger partial charge is 0.462 e. The van der Waals surface area contributed by atoms with Crippen LogP contribution in [0.25, 0.3) is 0 Å². The Labute approximate surface area is 107 Å². The number of hydrogen-bond acceptors (Lipinski definition) is 3. The molecule has 1 aliphatic rings. The van der Waals surface area contributed by atoms with E-state index in [1.807, 2.05) is 12.1 Å². The zero-order chi connectivity index (χ0) is 13.0. The summed E-state index contributed by atoms with van der Waals surface area (Å²) in [6.45, 7) is 4.10. The van der Waals surface area contributed by atoms with Crippen LogP contribution in [0.15, 0.2) is 24.3 Å². The van der Waals surface area contributed by atoms with Crippen molar-refractivity contribution in [2.75, 3.05) is 13.1 Å². The molecule has 0 unspecified atom stereocenters. The molecule has 4 heteroatoms. The van der Waals surface area contributed by atoms with Crippen molar-refractivity contribution in [3.8, 4) is 0 Å². The molecule has 0 N–H and O–H groups in total. The molecule has 1 heterocycles. The lowest BCUT2D eigenvalue weighted by Gasteiger charge is -2.31. The molecule has 98 valence electrons. The molecule has 1 aliphatic heterocycles. The molecule has 1 aromatic rings. The van der Waals surface area contributed by atoms with Gasteiger partial charge in [0.25, 0.3) is 0 Å². The Balaban J connectivity index is 1.79. The lowest BCUT2D eigenvalue weighted by Crippen LogP contribution is -2.37. The maximum absolute atomic E-state index is 12.8. The summed E-state index contributed by atoms with van der Waals surface area (Å²) in [5, 5.41) is 0. The first-order chi connectivity index (χ1) is 8.63. The zero-order valence-electron chi connectivity index (χ0n) is 10.6. The van der Waals surface area contributed by atoms with Gasteiger partial charge in [-0.2, -0.15) is 0 Å². The maximum Gasteiger partial charge on any atom is 0.302 e. The van der Waals surface area contributed by atoms with Gasteiger partial charge in [0.15, 0.2) is 0 Å². The van der Waals surface area contributed by atoms with E-state index in [9.17, 15) is 9.18 Å². The van der Waals surface area contributed by atoms with Crippen molar-refractivity contribution in [1.29, 1.82) is 0 Å². The predicted octanol–water partition coefficient (Wildman–Crippen LogP) is 2.35. The van der Waals surface area contributed by atoms with E-state index >= 15 is 0 Å². The summed E-state index contributed by atoms with van der Waals surface area (Å²) in [5.74, 6) is -0.403. The van der Waals surface area contributed by atoms with Crippen LogP contribution in [0.2, 0.25) is 0 Å². The molecule has 0 saturated carbocycles. The minimum absolute atomic E-state index is 0.0620. The average Bonchev–Trinajstić information content (AvgIpc) is 2.34. The summed E-state index contributed by atoms with van der Waals surface area (Å²) in [6, 6.07) is 6.60. The van der Waals surface area contributed by atoms with Crippen LogP contribution in [-0.4, -0.2) is 30.1 Å². The quantitative estimate of drug-likeness (QED) is 0.772. The van der Waals surface area contributed by atoms with Gasteiger partial charge in [-0.3, -0.25) is 9.69 Å². The molecular weight excluding hydrogens is 233 g/mol. The van der Waals surface area contributed by atoms with Crippen molar-refractivity contribution in [2.24, 2.45) is 0 Å². The molecule has 0 aromatic heterocycles. The fraction of sp³-hybridized carbons (Fsp3) is 0.500. The number of esters is 1. The number of piperidine rings is 1. The fourth-order valence-corrected chi connectivity index (χ4v) is 2.27. The van der Waals surface area contributed by atoms with Crippen LogP contribution in [0.3, 0.4) is 0 Å². The van der Waals surface area contributed by atoms with Gasteiger partial charge in [0.1, 0.15) is 11.9 Å². The van der Waals surface area contributed by atoms with Gasteiger partial charge in [-0.05, 0) is 30.5 Å².